The van der Waals surface area contributed by atoms with E-state index in [1.165, 1.54) is 18.5 Å². The van der Waals surface area contributed by atoms with Crippen molar-refractivity contribution in [1.29, 1.82) is 0 Å². The molecule has 6 nitrogen and oxygen atoms in total. The zero-order chi connectivity index (χ0) is 21.7. The average Bonchev–Trinajstić information content (AvgIpc) is 3.51. The topological polar surface area (TPSA) is 64.5 Å². The number of hydrogen-bond donors (Lipinski definition) is 2. The molecule has 6 rings (SSSR count). The molecule has 2 aliphatic heterocycles. The van der Waals surface area contributed by atoms with Crippen molar-refractivity contribution in [1.82, 2.24) is 14.9 Å². The third-order valence-corrected chi connectivity index (χ3v) is 7.25. The fourth-order valence-corrected chi connectivity index (χ4v) is 5.67. The lowest BCUT2D eigenvalue weighted by Crippen LogP contribution is -2.23. The SMILES string of the molecule is CN1C=C2CN(c3ccc(Nc4ncc5ccc(O)c(C6CCCC6)c5n4)cc3)CC2C1. The lowest BCUT2D eigenvalue weighted by molar-refractivity contribution is 0.442. The van der Waals surface area contributed by atoms with Gasteiger partial charge >= 0.3 is 0 Å². The molecule has 1 saturated carbocycles. The summed E-state index contributed by atoms with van der Waals surface area (Å²) in [4.78, 5) is 14.1. The second-order valence-corrected chi connectivity index (χ2v) is 9.50. The molecule has 1 aromatic heterocycles. The van der Waals surface area contributed by atoms with Crippen LogP contribution in [0.4, 0.5) is 17.3 Å². The molecule has 164 valence electrons. The lowest BCUT2D eigenvalue weighted by atomic mass is 9.94. The van der Waals surface area contributed by atoms with Gasteiger partial charge in [-0.25, -0.2) is 9.97 Å². The second-order valence-electron chi connectivity index (χ2n) is 9.50. The van der Waals surface area contributed by atoms with E-state index >= 15 is 0 Å². The molecule has 1 aliphatic carbocycles. The van der Waals surface area contributed by atoms with Crippen molar-refractivity contribution in [3.8, 4) is 5.75 Å². The molecule has 1 atom stereocenters. The number of rotatable bonds is 4. The van der Waals surface area contributed by atoms with Crippen molar-refractivity contribution in [2.24, 2.45) is 5.92 Å². The molecule has 32 heavy (non-hydrogen) atoms. The van der Waals surface area contributed by atoms with E-state index in [-0.39, 0.29) is 0 Å². The van der Waals surface area contributed by atoms with Gasteiger partial charge in [0.15, 0.2) is 0 Å². The zero-order valence-corrected chi connectivity index (χ0v) is 18.5. The van der Waals surface area contributed by atoms with Crippen LogP contribution >= 0.6 is 0 Å². The molecule has 0 radical (unpaired) electrons. The predicted molar refractivity (Wildman–Crippen MR) is 129 cm³/mol. The number of hydrogen-bond acceptors (Lipinski definition) is 6. The predicted octanol–water partition coefficient (Wildman–Crippen LogP) is 5.00. The average molecular weight is 428 g/mol. The van der Waals surface area contributed by atoms with Crippen LogP contribution in [0.15, 0.2) is 54.4 Å². The van der Waals surface area contributed by atoms with Gasteiger partial charge in [-0.3, -0.25) is 0 Å². The molecule has 0 amide bonds. The van der Waals surface area contributed by atoms with E-state index in [1.807, 2.05) is 12.3 Å². The first-order chi connectivity index (χ1) is 15.6. The summed E-state index contributed by atoms with van der Waals surface area (Å²) >= 11 is 0. The molecule has 3 aromatic rings. The molecule has 0 bridgehead atoms. The number of phenols is 1. The number of aromatic hydroxyl groups is 1. The number of anilines is 3. The Morgan fingerprint density at radius 2 is 1.81 bits per heavy atom. The van der Waals surface area contributed by atoms with Crippen molar-refractivity contribution in [2.75, 3.05) is 36.9 Å². The largest absolute Gasteiger partial charge is 0.508 e. The molecular formula is C26H29N5O. The third kappa shape index (κ3) is 3.44. The zero-order valence-electron chi connectivity index (χ0n) is 18.5. The Morgan fingerprint density at radius 1 is 1.00 bits per heavy atom. The maximum atomic E-state index is 10.6. The molecule has 2 N–H and O–H groups in total. The van der Waals surface area contributed by atoms with Gasteiger partial charge in [0.25, 0.3) is 0 Å². The molecule has 0 spiro atoms. The number of fused-ring (bicyclic) bond motifs is 2. The highest BCUT2D eigenvalue weighted by Gasteiger charge is 2.32. The Morgan fingerprint density at radius 3 is 2.59 bits per heavy atom. The maximum absolute atomic E-state index is 10.6. The molecule has 2 aromatic carbocycles. The molecule has 1 unspecified atom stereocenters. The Labute approximate surface area is 188 Å². The summed E-state index contributed by atoms with van der Waals surface area (Å²) in [5, 5.41) is 14.9. The summed E-state index contributed by atoms with van der Waals surface area (Å²) < 4.78 is 0. The van der Waals surface area contributed by atoms with Gasteiger partial charge in [0.1, 0.15) is 5.75 Å². The minimum atomic E-state index is 0.357. The van der Waals surface area contributed by atoms with E-state index < -0.39 is 0 Å². The van der Waals surface area contributed by atoms with Crippen LogP contribution in [0.1, 0.15) is 37.2 Å². The standard InChI is InChI=1S/C26H29N5O/c1-30-13-19-15-31(16-20(19)14-30)22-9-7-21(8-10-22)28-26-27-12-18-6-11-23(32)24(25(18)29-26)17-4-2-3-5-17/h6-13,17,20,32H,2-5,14-16H2,1H3,(H,27,28,29). The van der Waals surface area contributed by atoms with Gasteiger partial charge in [0, 0.05) is 67.3 Å². The second kappa shape index (κ2) is 7.69. The van der Waals surface area contributed by atoms with Crippen LogP contribution in [-0.2, 0) is 0 Å². The van der Waals surface area contributed by atoms with Crippen LogP contribution in [0.2, 0.25) is 0 Å². The number of aromatic nitrogens is 2. The van der Waals surface area contributed by atoms with Crippen molar-refractivity contribution in [2.45, 2.75) is 31.6 Å². The Bertz CT molecular complexity index is 1180. The van der Waals surface area contributed by atoms with Crippen molar-refractivity contribution >= 4 is 28.2 Å². The van der Waals surface area contributed by atoms with Crippen molar-refractivity contribution < 1.29 is 5.11 Å². The van der Waals surface area contributed by atoms with Crippen LogP contribution in [0.25, 0.3) is 10.9 Å². The Hall–Kier alpha value is -3.28. The summed E-state index contributed by atoms with van der Waals surface area (Å²) in [6, 6.07) is 12.2. The van der Waals surface area contributed by atoms with E-state index in [0.29, 0.717) is 23.5 Å². The fourth-order valence-electron chi connectivity index (χ4n) is 5.67. The van der Waals surface area contributed by atoms with E-state index in [0.717, 1.165) is 54.6 Å². The summed E-state index contributed by atoms with van der Waals surface area (Å²) in [5.74, 6) is 1.97. The first-order valence-electron chi connectivity index (χ1n) is 11.7. The quantitative estimate of drug-likeness (QED) is 0.611. The Balaban J connectivity index is 1.23. The van der Waals surface area contributed by atoms with E-state index in [1.54, 1.807) is 11.6 Å². The lowest BCUT2D eigenvalue weighted by Gasteiger charge is -2.20. The highest BCUT2D eigenvalue weighted by Crippen LogP contribution is 2.41. The van der Waals surface area contributed by atoms with Crippen LogP contribution < -0.4 is 10.2 Å². The normalized spacial score (nSPS) is 20.8. The Kier molecular flexibility index (Phi) is 4.67. The highest BCUT2D eigenvalue weighted by atomic mass is 16.3. The number of phenolic OH excluding ortho intramolecular Hbond substituents is 1. The van der Waals surface area contributed by atoms with Crippen molar-refractivity contribution in [3.05, 3.63) is 59.9 Å². The van der Waals surface area contributed by atoms with Gasteiger partial charge in [-0.15, -0.1) is 0 Å². The fraction of sp³-hybridized carbons (Fsp3) is 0.385. The molecule has 3 heterocycles. The minimum absolute atomic E-state index is 0.357. The van der Waals surface area contributed by atoms with Crippen molar-refractivity contribution in [3.63, 3.8) is 0 Å². The first-order valence-corrected chi connectivity index (χ1v) is 11.7. The van der Waals surface area contributed by atoms with Crippen LogP contribution in [0.3, 0.4) is 0 Å². The summed E-state index contributed by atoms with van der Waals surface area (Å²) in [6.45, 7) is 3.23. The summed E-state index contributed by atoms with van der Waals surface area (Å²) in [7, 11) is 2.16. The number of nitrogens with one attached hydrogen (secondary N) is 1. The van der Waals surface area contributed by atoms with Gasteiger partial charge in [-0.05, 0) is 60.7 Å². The monoisotopic (exact) mass is 427 g/mol. The smallest absolute Gasteiger partial charge is 0.227 e. The number of nitrogens with zero attached hydrogens (tertiary/aromatic N) is 4. The van der Waals surface area contributed by atoms with Gasteiger partial charge in [0.2, 0.25) is 5.95 Å². The van der Waals surface area contributed by atoms with Crippen LogP contribution in [0.5, 0.6) is 5.75 Å². The van der Waals surface area contributed by atoms with Gasteiger partial charge < -0.3 is 20.2 Å². The molecule has 3 aliphatic rings. The maximum Gasteiger partial charge on any atom is 0.227 e. The molecule has 1 saturated heterocycles. The first kappa shape index (κ1) is 19.4. The van der Waals surface area contributed by atoms with Crippen LogP contribution in [0, 0.1) is 5.92 Å². The van der Waals surface area contributed by atoms with E-state index in [2.05, 4.69) is 57.6 Å². The molecule has 2 fully saturated rings. The van der Waals surface area contributed by atoms with Gasteiger partial charge in [-0.1, -0.05) is 12.8 Å². The highest BCUT2D eigenvalue weighted by molar-refractivity contribution is 5.85. The minimum Gasteiger partial charge on any atom is -0.508 e. The third-order valence-electron chi connectivity index (χ3n) is 7.25. The number of benzene rings is 2. The van der Waals surface area contributed by atoms with E-state index in [4.69, 9.17) is 4.98 Å². The van der Waals surface area contributed by atoms with Crippen LogP contribution in [-0.4, -0.2) is 46.7 Å². The van der Waals surface area contributed by atoms with Gasteiger partial charge in [-0.2, -0.15) is 0 Å². The van der Waals surface area contributed by atoms with Gasteiger partial charge in [0.05, 0.1) is 5.52 Å². The summed E-state index contributed by atoms with van der Waals surface area (Å²) in [5.41, 5.74) is 5.61. The van der Waals surface area contributed by atoms with E-state index in [9.17, 15) is 5.11 Å². The molecule has 6 heteroatoms. The summed E-state index contributed by atoms with van der Waals surface area (Å²) in [6.07, 6.45) is 8.82. The molecular weight excluding hydrogens is 398 g/mol.